The minimum atomic E-state index is 0.956. The van der Waals surface area contributed by atoms with Crippen LogP contribution in [0.25, 0.3) is 11.3 Å². The second kappa shape index (κ2) is 5.84. The number of hydrogen-bond acceptors (Lipinski definition) is 2. The molecule has 1 fully saturated rings. The molecule has 2 aromatic rings. The van der Waals surface area contributed by atoms with Crippen LogP contribution in [0.15, 0.2) is 34.7 Å². The van der Waals surface area contributed by atoms with Crippen LogP contribution in [0.5, 0.6) is 0 Å². The second-order valence-corrected chi connectivity index (χ2v) is 5.92. The number of nitrogens with zero attached hydrogens (tertiary/aromatic N) is 1. The van der Waals surface area contributed by atoms with E-state index in [1.807, 2.05) is 0 Å². The Morgan fingerprint density at radius 3 is 2.40 bits per heavy atom. The number of hydrogen-bond donors (Lipinski definition) is 0. The van der Waals surface area contributed by atoms with E-state index in [0.29, 0.717) is 0 Å². The van der Waals surface area contributed by atoms with Crippen LogP contribution in [-0.2, 0) is 6.54 Å². The summed E-state index contributed by atoms with van der Waals surface area (Å²) in [6.07, 6.45) is 4.03. The molecule has 0 radical (unpaired) electrons. The first-order valence-electron chi connectivity index (χ1n) is 7.61. The summed E-state index contributed by atoms with van der Waals surface area (Å²) in [5.41, 5.74) is 3.72. The number of furan rings is 1. The van der Waals surface area contributed by atoms with Crippen molar-refractivity contribution in [3.8, 4) is 11.3 Å². The minimum Gasteiger partial charge on any atom is -0.459 e. The van der Waals surface area contributed by atoms with Crippen molar-refractivity contribution < 1.29 is 4.42 Å². The van der Waals surface area contributed by atoms with E-state index in [9.17, 15) is 0 Å². The zero-order chi connectivity index (χ0) is 13.9. The summed E-state index contributed by atoms with van der Waals surface area (Å²) in [6.45, 7) is 7.64. The van der Waals surface area contributed by atoms with Crippen molar-refractivity contribution in [3.05, 3.63) is 47.2 Å². The van der Waals surface area contributed by atoms with Gasteiger partial charge in [-0.25, -0.2) is 0 Å². The van der Waals surface area contributed by atoms with E-state index in [1.165, 1.54) is 49.0 Å². The summed E-state index contributed by atoms with van der Waals surface area (Å²) >= 11 is 0. The number of piperidine rings is 1. The third-order valence-electron chi connectivity index (χ3n) is 4.17. The van der Waals surface area contributed by atoms with Gasteiger partial charge in [-0.15, -0.1) is 0 Å². The van der Waals surface area contributed by atoms with Crippen LogP contribution in [0.2, 0.25) is 0 Å². The van der Waals surface area contributed by atoms with Crippen LogP contribution in [0, 0.1) is 13.8 Å². The third-order valence-corrected chi connectivity index (χ3v) is 4.17. The summed E-state index contributed by atoms with van der Waals surface area (Å²) in [4.78, 5) is 2.51. The molecule has 2 nitrogen and oxygen atoms in total. The van der Waals surface area contributed by atoms with Crippen molar-refractivity contribution >= 4 is 0 Å². The first-order chi connectivity index (χ1) is 9.72. The van der Waals surface area contributed by atoms with Gasteiger partial charge in [-0.3, -0.25) is 4.90 Å². The lowest BCUT2D eigenvalue weighted by molar-refractivity contribution is 0.205. The fourth-order valence-electron chi connectivity index (χ4n) is 2.86. The van der Waals surface area contributed by atoms with E-state index in [4.69, 9.17) is 4.42 Å². The number of benzene rings is 1. The summed E-state index contributed by atoms with van der Waals surface area (Å²) in [6, 6.07) is 10.7. The molecule has 0 aliphatic carbocycles. The fourth-order valence-corrected chi connectivity index (χ4v) is 2.86. The lowest BCUT2D eigenvalue weighted by Crippen LogP contribution is -2.29. The molecule has 1 aromatic carbocycles. The maximum absolute atomic E-state index is 6.10. The molecule has 1 saturated heterocycles. The van der Waals surface area contributed by atoms with Gasteiger partial charge in [0.2, 0.25) is 0 Å². The lowest BCUT2D eigenvalue weighted by Gasteiger charge is -2.25. The fraction of sp³-hybridized carbons (Fsp3) is 0.444. The molecule has 3 rings (SSSR count). The van der Waals surface area contributed by atoms with E-state index in [0.717, 1.165) is 18.1 Å². The van der Waals surface area contributed by atoms with Crippen molar-refractivity contribution in [2.24, 2.45) is 0 Å². The minimum absolute atomic E-state index is 0.956. The summed E-state index contributed by atoms with van der Waals surface area (Å²) in [5, 5.41) is 0. The van der Waals surface area contributed by atoms with E-state index in [2.05, 4.69) is 49.1 Å². The van der Waals surface area contributed by atoms with Gasteiger partial charge < -0.3 is 4.42 Å². The van der Waals surface area contributed by atoms with Crippen LogP contribution >= 0.6 is 0 Å². The van der Waals surface area contributed by atoms with Gasteiger partial charge in [0.1, 0.15) is 11.5 Å². The molecule has 1 aromatic heterocycles. The van der Waals surface area contributed by atoms with Crippen LogP contribution in [0.1, 0.15) is 36.1 Å². The molecule has 0 N–H and O–H groups in total. The Morgan fingerprint density at radius 2 is 1.70 bits per heavy atom. The average Bonchev–Trinajstić information content (AvgIpc) is 2.82. The Hall–Kier alpha value is -1.54. The van der Waals surface area contributed by atoms with Gasteiger partial charge >= 0.3 is 0 Å². The standard InChI is InChI=1S/C18H23NO/c1-14-6-8-16(9-7-14)17-12-15(2)18(20-17)13-19-10-4-3-5-11-19/h6-9,12H,3-5,10-11,13H2,1-2H3. The number of aryl methyl sites for hydroxylation is 2. The van der Waals surface area contributed by atoms with Crippen LogP contribution < -0.4 is 0 Å². The molecule has 106 valence electrons. The molecule has 1 aliphatic heterocycles. The van der Waals surface area contributed by atoms with E-state index < -0.39 is 0 Å². The molecule has 0 spiro atoms. The normalized spacial score (nSPS) is 16.5. The van der Waals surface area contributed by atoms with Crippen molar-refractivity contribution in [1.82, 2.24) is 4.90 Å². The van der Waals surface area contributed by atoms with Gasteiger partial charge in [0, 0.05) is 5.56 Å². The highest BCUT2D eigenvalue weighted by atomic mass is 16.3. The molecular formula is C18H23NO. The van der Waals surface area contributed by atoms with E-state index in [-0.39, 0.29) is 0 Å². The van der Waals surface area contributed by atoms with Crippen molar-refractivity contribution in [2.45, 2.75) is 39.7 Å². The maximum Gasteiger partial charge on any atom is 0.134 e. The van der Waals surface area contributed by atoms with Gasteiger partial charge in [0.25, 0.3) is 0 Å². The van der Waals surface area contributed by atoms with Crippen molar-refractivity contribution in [2.75, 3.05) is 13.1 Å². The van der Waals surface area contributed by atoms with E-state index in [1.54, 1.807) is 0 Å². The first kappa shape index (κ1) is 13.4. The van der Waals surface area contributed by atoms with Crippen LogP contribution in [0.3, 0.4) is 0 Å². The van der Waals surface area contributed by atoms with Gasteiger partial charge in [0.05, 0.1) is 6.54 Å². The molecule has 2 heteroatoms. The SMILES string of the molecule is Cc1ccc(-c2cc(C)c(CN3CCCCC3)o2)cc1. The molecule has 2 heterocycles. The molecule has 20 heavy (non-hydrogen) atoms. The first-order valence-corrected chi connectivity index (χ1v) is 7.61. The van der Waals surface area contributed by atoms with E-state index >= 15 is 0 Å². The van der Waals surface area contributed by atoms with Crippen LogP contribution in [0.4, 0.5) is 0 Å². The monoisotopic (exact) mass is 269 g/mol. The highest BCUT2D eigenvalue weighted by Gasteiger charge is 2.15. The van der Waals surface area contributed by atoms with Gasteiger partial charge in [-0.1, -0.05) is 36.2 Å². The lowest BCUT2D eigenvalue weighted by atomic mass is 10.1. The molecule has 0 bridgehead atoms. The average molecular weight is 269 g/mol. The molecular weight excluding hydrogens is 246 g/mol. The Bertz CT molecular complexity index is 562. The van der Waals surface area contributed by atoms with Gasteiger partial charge in [-0.2, -0.15) is 0 Å². The quantitative estimate of drug-likeness (QED) is 0.812. The molecule has 0 atom stereocenters. The highest BCUT2D eigenvalue weighted by molar-refractivity contribution is 5.59. The largest absolute Gasteiger partial charge is 0.459 e. The van der Waals surface area contributed by atoms with Gasteiger partial charge in [0.15, 0.2) is 0 Å². The predicted octanol–water partition coefficient (Wildman–Crippen LogP) is 4.55. The summed E-state index contributed by atoms with van der Waals surface area (Å²) in [7, 11) is 0. The highest BCUT2D eigenvalue weighted by Crippen LogP contribution is 2.27. The number of likely N-dealkylation sites (tertiary alicyclic amines) is 1. The topological polar surface area (TPSA) is 16.4 Å². The molecule has 0 unspecified atom stereocenters. The Kier molecular flexibility index (Phi) is 3.93. The molecule has 1 aliphatic rings. The molecule has 0 amide bonds. The molecule has 0 saturated carbocycles. The predicted molar refractivity (Wildman–Crippen MR) is 82.7 cm³/mol. The Labute approximate surface area is 121 Å². The van der Waals surface area contributed by atoms with Gasteiger partial charge in [-0.05, 0) is 51.4 Å². The summed E-state index contributed by atoms with van der Waals surface area (Å²) in [5.74, 6) is 2.12. The third kappa shape index (κ3) is 2.96. The Morgan fingerprint density at radius 1 is 1.00 bits per heavy atom. The zero-order valence-corrected chi connectivity index (χ0v) is 12.5. The Balaban J connectivity index is 1.78. The zero-order valence-electron chi connectivity index (χ0n) is 12.5. The smallest absolute Gasteiger partial charge is 0.134 e. The second-order valence-electron chi connectivity index (χ2n) is 5.92. The van der Waals surface area contributed by atoms with Crippen molar-refractivity contribution in [3.63, 3.8) is 0 Å². The number of rotatable bonds is 3. The summed E-state index contributed by atoms with van der Waals surface area (Å²) < 4.78 is 6.10. The van der Waals surface area contributed by atoms with Crippen molar-refractivity contribution in [1.29, 1.82) is 0 Å². The maximum atomic E-state index is 6.10. The van der Waals surface area contributed by atoms with Crippen LogP contribution in [-0.4, -0.2) is 18.0 Å².